The number of amides is 1. The third-order valence-electron chi connectivity index (χ3n) is 4.23. The Morgan fingerprint density at radius 3 is 2.75 bits per heavy atom. The smallest absolute Gasteiger partial charge is 0.243 e. The second kappa shape index (κ2) is 6.28. The molecule has 122 valence electrons. The van der Waals surface area contributed by atoms with Gasteiger partial charge in [-0.1, -0.05) is 30.3 Å². The normalized spacial score (nSPS) is 21.0. The van der Waals surface area contributed by atoms with Crippen LogP contribution in [0.4, 0.5) is 0 Å². The first-order valence-corrected chi connectivity index (χ1v) is 8.48. The number of nitrogens with zero attached hydrogens (tertiary/aromatic N) is 1. The number of halogens is 1. The van der Waals surface area contributed by atoms with E-state index in [0.29, 0.717) is 17.4 Å². The van der Waals surface area contributed by atoms with Crippen LogP contribution in [0.2, 0.25) is 0 Å². The summed E-state index contributed by atoms with van der Waals surface area (Å²) in [5.74, 6) is 1.64. The highest BCUT2D eigenvalue weighted by Crippen LogP contribution is 2.47. The summed E-state index contributed by atoms with van der Waals surface area (Å²) in [6.07, 6.45) is 2.48. The first-order chi connectivity index (χ1) is 11.7. The van der Waals surface area contributed by atoms with E-state index in [-0.39, 0.29) is 18.6 Å². The fraction of sp³-hybridized carbons (Fsp3) is 0.222. The summed E-state index contributed by atoms with van der Waals surface area (Å²) in [5, 5.41) is 4.07. The number of hydrogen-bond acceptors (Lipinski definition) is 4. The average molecular weight is 387 g/mol. The molecule has 2 aromatic rings. The van der Waals surface area contributed by atoms with Crippen LogP contribution in [0.5, 0.6) is 11.5 Å². The molecule has 0 unspecified atom stereocenters. The van der Waals surface area contributed by atoms with Gasteiger partial charge in [0.15, 0.2) is 11.5 Å². The molecule has 0 radical (unpaired) electrons. The molecule has 4 rings (SSSR count). The second-order valence-electron chi connectivity index (χ2n) is 5.82. The lowest BCUT2D eigenvalue weighted by molar-refractivity contribution is -0.122. The molecule has 2 atom stereocenters. The van der Waals surface area contributed by atoms with Crippen molar-refractivity contribution in [2.75, 3.05) is 6.79 Å². The lowest BCUT2D eigenvalue weighted by atomic mass is 10.1. The summed E-state index contributed by atoms with van der Waals surface area (Å²) < 4.78 is 11.5. The maximum atomic E-state index is 12.2. The van der Waals surface area contributed by atoms with Crippen molar-refractivity contribution in [2.24, 2.45) is 11.0 Å². The molecule has 24 heavy (non-hydrogen) atoms. The average Bonchev–Trinajstić information content (AvgIpc) is 3.28. The predicted octanol–water partition coefficient (Wildman–Crippen LogP) is 3.43. The molecule has 1 aliphatic carbocycles. The van der Waals surface area contributed by atoms with Crippen molar-refractivity contribution >= 4 is 28.1 Å². The van der Waals surface area contributed by atoms with E-state index in [0.717, 1.165) is 16.5 Å². The zero-order valence-electron chi connectivity index (χ0n) is 12.7. The van der Waals surface area contributed by atoms with E-state index in [9.17, 15) is 4.79 Å². The molecule has 1 amide bonds. The number of fused-ring (bicyclic) bond motifs is 1. The highest BCUT2D eigenvalue weighted by molar-refractivity contribution is 9.10. The molecular formula is C18H15BrN2O3. The molecule has 2 aliphatic rings. The molecule has 1 saturated carbocycles. The standard InChI is InChI=1S/C18H15BrN2O3/c19-15-8-17-16(23-10-24-17)6-12(15)9-20-21-18(22)14-7-13(14)11-4-2-1-3-5-11/h1-6,8-9,13-14H,7,10H2,(H,21,22)/b20-9-/t13-,14-/m1/s1. The van der Waals surface area contributed by atoms with Gasteiger partial charge in [0, 0.05) is 16.0 Å². The molecule has 0 aromatic heterocycles. The maximum absolute atomic E-state index is 12.2. The summed E-state index contributed by atoms with van der Waals surface area (Å²) in [5.41, 5.74) is 4.65. The van der Waals surface area contributed by atoms with Crippen LogP contribution in [0.1, 0.15) is 23.5 Å². The number of nitrogens with one attached hydrogen (secondary N) is 1. The minimum atomic E-state index is -0.0445. The van der Waals surface area contributed by atoms with E-state index in [1.807, 2.05) is 30.3 Å². The van der Waals surface area contributed by atoms with Gasteiger partial charge in [-0.25, -0.2) is 5.43 Å². The van der Waals surface area contributed by atoms with E-state index in [2.05, 4.69) is 38.6 Å². The van der Waals surface area contributed by atoms with Crippen molar-refractivity contribution in [3.8, 4) is 11.5 Å². The molecule has 0 bridgehead atoms. The third kappa shape index (κ3) is 3.01. The van der Waals surface area contributed by atoms with E-state index < -0.39 is 0 Å². The highest BCUT2D eigenvalue weighted by atomic mass is 79.9. The SMILES string of the molecule is O=C(N/N=C\c1cc2c(cc1Br)OCO2)[C@@H]1C[C@@H]1c1ccccc1. The van der Waals surface area contributed by atoms with E-state index in [1.54, 1.807) is 6.21 Å². The largest absolute Gasteiger partial charge is 0.454 e. The van der Waals surface area contributed by atoms with E-state index in [4.69, 9.17) is 9.47 Å². The van der Waals surface area contributed by atoms with E-state index >= 15 is 0 Å². The summed E-state index contributed by atoms with van der Waals surface area (Å²) in [7, 11) is 0. The first-order valence-electron chi connectivity index (χ1n) is 7.69. The van der Waals surface area contributed by atoms with Crippen molar-refractivity contribution in [1.29, 1.82) is 0 Å². The van der Waals surface area contributed by atoms with Crippen molar-refractivity contribution in [3.05, 3.63) is 58.1 Å². The van der Waals surface area contributed by atoms with Crippen molar-refractivity contribution in [3.63, 3.8) is 0 Å². The van der Waals surface area contributed by atoms with Crippen molar-refractivity contribution < 1.29 is 14.3 Å². The number of carbonyl (C=O) groups excluding carboxylic acids is 1. The number of hydrazone groups is 1. The van der Waals surface area contributed by atoms with Gasteiger partial charge in [0.1, 0.15) is 0 Å². The minimum absolute atomic E-state index is 0.00439. The Morgan fingerprint density at radius 1 is 1.21 bits per heavy atom. The number of ether oxygens (including phenoxy) is 2. The van der Waals surface area contributed by atoms with Crippen LogP contribution < -0.4 is 14.9 Å². The first kappa shape index (κ1) is 15.2. The van der Waals surface area contributed by atoms with Gasteiger partial charge in [0.2, 0.25) is 12.7 Å². The van der Waals surface area contributed by atoms with Gasteiger partial charge in [-0.3, -0.25) is 4.79 Å². The fourth-order valence-corrected chi connectivity index (χ4v) is 3.26. The Labute approximate surface area is 147 Å². The van der Waals surface area contributed by atoms with Gasteiger partial charge in [0.25, 0.3) is 0 Å². The van der Waals surface area contributed by atoms with E-state index in [1.165, 1.54) is 5.56 Å². The molecule has 0 saturated heterocycles. The molecule has 1 N–H and O–H groups in total. The van der Waals surface area contributed by atoms with Gasteiger partial charge in [-0.15, -0.1) is 0 Å². The Hall–Kier alpha value is -2.34. The Kier molecular flexibility index (Phi) is 3.98. The topological polar surface area (TPSA) is 59.9 Å². The van der Waals surface area contributed by atoms with Crippen LogP contribution in [-0.4, -0.2) is 18.9 Å². The van der Waals surface area contributed by atoms with Gasteiger partial charge >= 0.3 is 0 Å². The number of benzene rings is 2. The zero-order valence-corrected chi connectivity index (χ0v) is 14.3. The van der Waals surface area contributed by atoms with Crippen molar-refractivity contribution in [1.82, 2.24) is 5.43 Å². The van der Waals surface area contributed by atoms with Gasteiger partial charge in [-0.05, 0) is 46.0 Å². The summed E-state index contributed by atoms with van der Waals surface area (Å²) >= 11 is 3.46. The molecule has 5 nitrogen and oxygen atoms in total. The summed E-state index contributed by atoms with van der Waals surface area (Å²) in [4.78, 5) is 12.2. The lowest BCUT2D eigenvalue weighted by Gasteiger charge is -2.02. The maximum Gasteiger partial charge on any atom is 0.243 e. The third-order valence-corrected chi connectivity index (χ3v) is 4.91. The van der Waals surface area contributed by atoms with Crippen LogP contribution in [0, 0.1) is 5.92 Å². The van der Waals surface area contributed by atoms with Gasteiger partial charge in [0.05, 0.1) is 6.21 Å². The Morgan fingerprint density at radius 2 is 1.96 bits per heavy atom. The lowest BCUT2D eigenvalue weighted by Crippen LogP contribution is -2.20. The van der Waals surface area contributed by atoms with Crippen LogP contribution in [0.15, 0.2) is 52.0 Å². The molecule has 1 heterocycles. The van der Waals surface area contributed by atoms with Crippen LogP contribution >= 0.6 is 15.9 Å². The summed E-state index contributed by atoms with van der Waals surface area (Å²) in [6.45, 7) is 0.224. The van der Waals surface area contributed by atoms with Crippen LogP contribution in [-0.2, 0) is 4.79 Å². The molecule has 2 aromatic carbocycles. The molecule has 1 fully saturated rings. The molecular weight excluding hydrogens is 372 g/mol. The Balaban J connectivity index is 1.37. The minimum Gasteiger partial charge on any atom is -0.454 e. The number of carbonyl (C=O) groups is 1. The molecule has 6 heteroatoms. The number of hydrogen-bond donors (Lipinski definition) is 1. The number of rotatable bonds is 4. The Bertz CT molecular complexity index is 807. The van der Waals surface area contributed by atoms with Gasteiger partial charge < -0.3 is 9.47 Å². The molecule has 0 spiro atoms. The predicted molar refractivity (Wildman–Crippen MR) is 93.3 cm³/mol. The quantitative estimate of drug-likeness (QED) is 0.646. The fourth-order valence-electron chi connectivity index (χ4n) is 2.83. The van der Waals surface area contributed by atoms with Gasteiger partial charge in [-0.2, -0.15) is 5.10 Å². The second-order valence-corrected chi connectivity index (χ2v) is 6.67. The molecule has 1 aliphatic heterocycles. The van der Waals surface area contributed by atoms with Crippen LogP contribution in [0.25, 0.3) is 0 Å². The zero-order chi connectivity index (χ0) is 16.5. The monoisotopic (exact) mass is 386 g/mol. The van der Waals surface area contributed by atoms with Crippen LogP contribution in [0.3, 0.4) is 0 Å². The summed E-state index contributed by atoms with van der Waals surface area (Å²) in [6, 6.07) is 13.8. The highest BCUT2D eigenvalue weighted by Gasteiger charge is 2.43. The van der Waals surface area contributed by atoms with Crippen molar-refractivity contribution in [2.45, 2.75) is 12.3 Å².